The molecule has 2 aromatic rings. The Kier molecular flexibility index (Phi) is 4.85. The van der Waals surface area contributed by atoms with Crippen molar-refractivity contribution in [3.05, 3.63) is 53.6 Å². The van der Waals surface area contributed by atoms with E-state index in [1.54, 1.807) is 38.1 Å². The van der Waals surface area contributed by atoms with Gasteiger partial charge in [-0.25, -0.2) is 12.7 Å². The Morgan fingerprint density at radius 1 is 1.03 bits per heavy atom. The van der Waals surface area contributed by atoms with Gasteiger partial charge >= 0.3 is 0 Å². The monoisotopic (exact) mass is 427 g/mol. The normalized spacial score (nSPS) is 17.0. The van der Waals surface area contributed by atoms with Crippen LogP contribution in [0.25, 0.3) is 0 Å². The maximum atomic E-state index is 12.7. The fourth-order valence-electron chi connectivity index (χ4n) is 3.22. The number of anilines is 2. The zero-order valence-corrected chi connectivity index (χ0v) is 17.3. The first kappa shape index (κ1) is 20.1. The summed E-state index contributed by atoms with van der Waals surface area (Å²) in [6.45, 7) is 3.55. The van der Waals surface area contributed by atoms with Gasteiger partial charge < -0.3 is 10.6 Å². The highest BCUT2D eigenvalue weighted by Gasteiger charge is 2.48. The molecule has 0 bridgehead atoms. The quantitative estimate of drug-likeness (QED) is 0.762. The van der Waals surface area contributed by atoms with Gasteiger partial charge in [-0.1, -0.05) is 19.9 Å². The molecule has 1 saturated carbocycles. The molecule has 30 heavy (non-hydrogen) atoms. The molecule has 156 valence electrons. The summed E-state index contributed by atoms with van der Waals surface area (Å²) in [7, 11) is -3.93. The Labute approximate surface area is 174 Å². The molecule has 2 N–H and O–H groups in total. The van der Waals surface area contributed by atoms with Gasteiger partial charge in [-0.05, 0) is 49.2 Å². The van der Waals surface area contributed by atoms with E-state index in [0.29, 0.717) is 24.2 Å². The average Bonchev–Trinajstić information content (AvgIpc) is 3.49. The summed E-state index contributed by atoms with van der Waals surface area (Å²) in [5.41, 5.74) is 1.20. The van der Waals surface area contributed by atoms with Gasteiger partial charge in [0.25, 0.3) is 21.8 Å². The van der Waals surface area contributed by atoms with Gasteiger partial charge in [-0.3, -0.25) is 14.4 Å². The number of carbonyl (C=O) groups is 3. The van der Waals surface area contributed by atoms with Crippen LogP contribution in [-0.4, -0.2) is 36.5 Å². The number of nitrogens with zero attached hydrogens (tertiary/aromatic N) is 1. The van der Waals surface area contributed by atoms with Crippen molar-refractivity contribution in [2.75, 3.05) is 10.6 Å². The number of sulfonamides is 1. The van der Waals surface area contributed by atoms with Crippen LogP contribution in [0.4, 0.5) is 11.4 Å². The number of hydrogen-bond donors (Lipinski definition) is 2. The van der Waals surface area contributed by atoms with Gasteiger partial charge in [0.05, 0.1) is 5.56 Å². The van der Waals surface area contributed by atoms with Crippen molar-refractivity contribution in [2.45, 2.75) is 37.6 Å². The molecule has 8 nitrogen and oxygen atoms in total. The fraction of sp³-hybridized carbons (Fsp3) is 0.286. The van der Waals surface area contributed by atoms with Crippen molar-refractivity contribution < 1.29 is 22.8 Å². The molecule has 0 atom stereocenters. The van der Waals surface area contributed by atoms with Crippen molar-refractivity contribution in [3.8, 4) is 0 Å². The third-order valence-corrected chi connectivity index (χ3v) is 6.88. The van der Waals surface area contributed by atoms with Gasteiger partial charge in [0.1, 0.15) is 4.90 Å². The van der Waals surface area contributed by atoms with Gasteiger partial charge in [0, 0.05) is 28.9 Å². The Balaban J connectivity index is 1.56. The largest absolute Gasteiger partial charge is 0.326 e. The van der Waals surface area contributed by atoms with Crippen molar-refractivity contribution in [2.24, 2.45) is 5.92 Å². The van der Waals surface area contributed by atoms with E-state index in [2.05, 4.69) is 10.6 Å². The van der Waals surface area contributed by atoms with Gasteiger partial charge in [0.15, 0.2) is 0 Å². The van der Waals surface area contributed by atoms with E-state index < -0.39 is 21.8 Å². The standard InChI is InChI=1S/C21H21N3O5S/c1-12(2)19(25)22-14-4-3-5-15(11-14)23-20(26)13-6-9-17-18(10-13)30(28,29)24(21(17)27)16-7-8-16/h3-6,9-12,16H,7-8H2,1-2H3,(H,22,25)(H,23,26). The van der Waals surface area contributed by atoms with Crippen molar-refractivity contribution >= 4 is 39.1 Å². The minimum Gasteiger partial charge on any atom is -0.326 e. The lowest BCUT2D eigenvalue weighted by molar-refractivity contribution is -0.118. The molecule has 2 aliphatic rings. The number of rotatable bonds is 5. The minimum absolute atomic E-state index is 0.0943. The molecule has 3 amide bonds. The number of carbonyl (C=O) groups excluding carboxylic acids is 3. The van der Waals surface area contributed by atoms with E-state index >= 15 is 0 Å². The second-order valence-corrected chi connectivity index (χ2v) is 9.51. The van der Waals surface area contributed by atoms with Crippen LogP contribution in [0, 0.1) is 5.92 Å². The van der Waals surface area contributed by atoms with Gasteiger partial charge in [-0.15, -0.1) is 0 Å². The van der Waals surface area contributed by atoms with Crippen molar-refractivity contribution in [1.82, 2.24) is 4.31 Å². The minimum atomic E-state index is -3.93. The SMILES string of the molecule is CC(C)C(=O)Nc1cccc(NC(=O)c2ccc3c(c2)S(=O)(=O)N(C2CC2)C3=O)c1. The molecule has 0 spiro atoms. The topological polar surface area (TPSA) is 113 Å². The van der Waals surface area contributed by atoms with Crippen LogP contribution < -0.4 is 10.6 Å². The molecular weight excluding hydrogens is 406 g/mol. The van der Waals surface area contributed by atoms with E-state index in [1.807, 2.05) is 0 Å². The predicted octanol–water partition coefficient (Wildman–Crippen LogP) is 2.84. The van der Waals surface area contributed by atoms with Crippen LogP contribution in [0.5, 0.6) is 0 Å². The van der Waals surface area contributed by atoms with E-state index in [4.69, 9.17) is 0 Å². The maximum absolute atomic E-state index is 12.7. The highest BCUT2D eigenvalue weighted by atomic mass is 32.2. The van der Waals surface area contributed by atoms with E-state index in [-0.39, 0.29) is 33.9 Å². The van der Waals surface area contributed by atoms with E-state index in [0.717, 1.165) is 4.31 Å². The highest BCUT2D eigenvalue weighted by molar-refractivity contribution is 7.90. The summed E-state index contributed by atoms with van der Waals surface area (Å²) in [4.78, 5) is 36.9. The first-order chi connectivity index (χ1) is 14.2. The number of benzene rings is 2. The molecule has 1 aliphatic heterocycles. The zero-order valence-electron chi connectivity index (χ0n) is 16.5. The molecule has 1 aliphatic carbocycles. The van der Waals surface area contributed by atoms with Crippen LogP contribution in [0.15, 0.2) is 47.4 Å². The lowest BCUT2D eigenvalue weighted by Gasteiger charge is -2.13. The maximum Gasteiger partial charge on any atom is 0.269 e. The van der Waals surface area contributed by atoms with Crippen molar-refractivity contribution in [1.29, 1.82) is 0 Å². The molecule has 0 saturated heterocycles. The summed E-state index contributed by atoms with van der Waals surface area (Å²) in [5, 5.41) is 5.45. The van der Waals surface area contributed by atoms with Crippen molar-refractivity contribution in [3.63, 3.8) is 0 Å². The van der Waals surface area contributed by atoms with E-state index in [9.17, 15) is 22.8 Å². The summed E-state index contributed by atoms with van der Waals surface area (Å²) in [6.07, 6.45) is 1.33. The first-order valence-electron chi connectivity index (χ1n) is 9.63. The summed E-state index contributed by atoms with van der Waals surface area (Å²) >= 11 is 0. The van der Waals surface area contributed by atoms with Gasteiger partial charge in [-0.2, -0.15) is 0 Å². The third kappa shape index (κ3) is 3.56. The number of fused-ring (bicyclic) bond motifs is 1. The summed E-state index contributed by atoms with van der Waals surface area (Å²) in [5.74, 6) is -1.38. The molecular formula is C21H21N3O5S. The molecule has 0 unspecified atom stereocenters. The Hall–Kier alpha value is -3.20. The Bertz CT molecular complexity index is 1170. The van der Waals surface area contributed by atoms with Crippen LogP contribution in [-0.2, 0) is 14.8 Å². The molecule has 1 fully saturated rings. The Morgan fingerprint density at radius 3 is 2.33 bits per heavy atom. The van der Waals surface area contributed by atoms with Crippen LogP contribution in [0.1, 0.15) is 47.4 Å². The fourth-order valence-corrected chi connectivity index (χ4v) is 5.06. The molecule has 1 heterocycles. The summed E-state index contributed by atoms with van der Waals surface area (Å²) < 4.78 is 26.4. The van der Waals surface area contributed by atoms with Crippen LogP contribution >= 0.6 is 0 Å². The number of nitrogens with one attached hydrogen (secondary N) is 2. The smallest absolute Gasteiger partial charge is 0.269 e. The molecule has 0 radical (unpaired) electrons. The first-order valence-corrected chi connectivity index (χ1v) is 11.1. The molecule has 4 rings (SSSR count). The zero-order chi connectivity index (χ0) is 21.6. The second-order valence-electron chi connectivity index (χ2n) is 7.73. The van der Waals surface area contributed by atoms with Gasteiger partial charge in [0.2, 0.25) is 5.91 Å². The third-order valence-electron chi connectivity index (χ3n) is 5.00. The van der Waals surface area contributed by atoms with Crippen LogP contribution in [0.3, 0.4) is 0 Å². The summed E-state index contributed by atoms with van der Waals surface area (Å²) in [6, 6.07) is 10.4. The lowest BCUT2D eigenvalue weighted by atomic mass is 10.1. The lowest BCUT2D eigenvalue weighted by Crippen LogP contribution is -2.31. The predicted molar refractivity (Wildman–Crippen MR) is 111 cm³/mol. The molecule has 9 heteroatoms. The second kappa shape index (κ2) is 7.24. The average molecular weight is 427 g/mol. The molecule has 2 aromatic carbocycles. The number of hydrogen-bond acceptors (Lipinski definition) is 5. The van der Waals surface area contributed by atoms with Crippen LogP contribution in [0.2, 0.25) is 0 Å². The van der Waals surface area contributed by atoms with E-state index in [1.165, 1.54) is 18.2 Å². The number of amides is 3. The highest BCUT2D eigenvalue weighted by Crippen LogP contribution is 2.39. The Morgan fingerprint density at radius 2 is 1.70 bits per heavy atom. The molecule has 0 aromatic heterocycles.